The molecule has 19 heavy (non-hydrogen) atoms. The first-order valence-electron chi connectivity index (χ1n) is 7.32. The second-order valence-corrected chi connectivity index (χ2v) is 5.73. The molecule has 4 heteroatoms. The maximum atomic E-state index is 12.2. The SMILES string of the molecule is O=C(O)CC1CCCN(C(=O)CC2=CCCCC2)C1. The van der Waals surface area contributed by atoms with Gasteiger partial charge in [-0.2, -0.15) is 0 Å². The van der Waals surface area contributed by atoms with E-state index in [1.807, 2.05) is 4.90 Å². The molecule has 0 spiro atoms. The van der Waals surface area contributed by atoms with Gasteiger partial charge in [0.25, 0.3) is 0 Å². The topological polar surface area (TPSA) is 57.6 Å². The number of hydrogen-bond donors (Lipinski definition) is 1. The fourth-order valence-electron chi connectivity index (χ4n) is 3.08. The summed E-state index contributed by atoms with van der Waals surface area (Å²) in [5.74, 6) is -0.437. The number of carboxylic acids is 1. The highest BCUT2D eigenvalue weighted by Crippen LogP contribution is 2.24. The van der Waals surface area contributed by atoms with Gasteiger partial charge < -0.3 is 10.0 Å². The highest BCUT2D eigenvalue weighted by Gasteiger charge is 2.25. The minimum atomic E-state index is -0.755. The Kier molecular flexibility index (Phi) is 5.00. The van der Waals surface area contributed by atoms with Crippen molar-refractivity contribution in [3.05, 3.63) is 11.6 Å². The van der Waals surface area contributed by atoms with Crippen molar-refractivity contribution in [2.24, 2.45) is 5.92 Å². The van der Waals surface area contributed by atoms with Crippen LogP contribution in [0.5, 0.6) is 0 Å². The smallest absolute Gasteiger partial charge is 0.303 e. The van der Waals surface area contributed by atoms with E-state index in [1.165, 1.54) is 18.4 Å². The Morgan fingerprint density at radius 2 is 2.16 bits per heavy atom. The normalized spacial score (nSPS) is 23.9. The van der Waals surface area contributed by atoms with Gasteiger partial charge in [-0.25, -0.2) is 0 Å². The molecule has 1 heterocycles. The van der Waals surface area contributed by atoms with Crippen molar-refractivity contribution in [2.75, 3.05) is 13.1 Å². The van der Waals surface area contributed by atoms with Gasteiger partial charge in [0, 0.05) is 25.9 Å². The van der Waals surface area contributed by atoms with Crippen LogP contribution >= 0.6 is 0 Å². The molecule has 4 nitrogen and oxygen atoms in total. The largest absolute Gasteiger partial charge is 0.481 e. The molecule has 0 saturated carbocycles. The first-order chi connectivity index (χ1) is 9.15. The van der Waals surface area contributed by atoms with Crippen LogP contribution in [0.2, 0.25) is 0 Å². The molecule has 1 saturated heterocycles. The molecule has 106 valence electrons. The van der Waals surface area contributed by atoms with Crippen LogP contribution in [0.4, 0.5) is 0 Å². The summed E-state index contributed by atoms with van der Waals surface area (Å²) in [6, 6.07) is 0. The third kappa shape index (κ3) is 4.37. The Bertz CT molecular complexity index is 376. The number of carbonyl (C=O) groups is 2. The van der Waals surface area contributed by atoms with E-state index in [9.17, 15) is 9.59 Å². The van der Waals surface area contributed by atoms with E-state index in [-0.39, 0.29) is 18.2 Å². The third-order valence-corrected chi connectivity index (χ3v) is 4.10. The second kappa shape index (κ2) is 6.73. The van der Waals surface area contributed by atoms with Crippen molar-refractivity contribution in [3.63, 3.8) is 0 Å². The van der Waals surface area contributed by atoms with Crippen molar-refractivity contribution in [1.82, 2.24) is 4.90 Å². The molecule has 0 aromatic rings. The molecular formula is C15H23NO3. The van der Waals surface area contributed by atoms with E-state index in [2.05, 4.69) is 6.08 Å². The minimum absolute atomic E-state index is 0.135. The van der Waals surface area contributed by atoms with Crippen LogP contribution in [-0.2, 0) is 9.59 Å². The number of piperidine rings is 1. The van der Waals surface area contributed by atoms with Gasteiger partial charge in [0.2, 0.25) is 5.91 Å². The Hall–Kier alpha value is -1.32. The van der Waals surface area contributed by atoms with Gasteiger partial charge in [-0.05, 0) is 44.4 Å². The Labute approximate surface area is 114 Å². The lowest BCUT2D eigenvalue weighted by Gasteiger charge is -2.32. The van der Waals surface area contributed by atoms with E-state index < -0.39 is 5.97 Å². The second-order valence-electron chi connectivity index (χ2n) is 5.73. The molecule has 2 aliphatic rings. The van der Waals surface area contributed by atoms with Crippen LogP contribution in [0.15, 0.2) is 11.6 Å². The van der Waals surface area contributed by atoms with Gasteiger partial charge in [0.1, 0.15) is 0 Å². The van der Waals surface area contributed by atoms with Crippen LogP contribution in [0, 0.1) is 5.92 Å². The van der Waals surface area contributed by atoms with Gasteiger partial charge in [0.05, 0.1) is 0 Å². The molecule has 1 amide bonds. The van der Waals surface area contributed by atoms with Gasteiger partial charge in [-0.15, -0.1) is 0 Å². The molecule has 0 radical (unpaired) electrons. The highest BCUT2D eigenvalue weighted by atomic mass is 16.4. The van der Waals surface area contributed by atoms with Crippen molar-refractivity contribution in [2.45, 2.75) is 51.4 Å². The summed E-state index contributed by atoms with van der Waals surface area (Å²) in [6.45, 7) is 1.42. The van der Waals surface area contributed by atoms with Crippen LogP contribution in [0.25, 0.3) is 0 Å². The lowest BCUT2D eigenvalue weighted by Crippen LogP contribution is -2.40. The Morgan fingerprint density at radius 1 is 1.32 bits per heavy atom. The zero-order valence-electron chi connectivity index (χ0n) is 11.4. The summed E-state index contributed by atoms with van der Waals surface area (Å²) in [5.41, 5.74) is 1.27. The van der Waals surface area contributed by atoms with Gasteiger partial charge in [0.15, 0.2) is 0 Å². The number of hydrogen-bond acceptors (Lipinski definition) is 2. The summed E-state index contributed by atoms with van der Waals surface area (Å²) in [5, 5.41) is 8.84. The molecule has 1 atom stereocenters. The Balaban J connectivity index is 1.84. The standard InChI is InChI=1S/C15H23NO3/c17-14(9-12-5-2-1-3-6-12)16-8-4-7-13(11-16)10-15(18)19/h5,13H,1-4,6-11H2,(H,18,19). The lowest BCUT2D eigenvalue weighted by atomic mass is 9.93. The summed E-state index contributed by atoms with van der Waals surface area (Å²) in [4.78, 5) is 24.9. The molecule has 1 fully saturated rings. The number of carboxylic acid groups (broad SMARTS) is 1. The molecule has 0 bridgehead atoms. The third-order valence-electron chi connectivity index (χ3n) is 4.10. The van der Waals surface area contributed by atoms with E-state index in [4.69, 9.17) is 5.11 Å². The fraction of sp³-hybridized carbons (Fsp3) is 0.733. The van der Waals surface area contributed by atoms with Crippen molar-refractivity contribution in [1.29, 1.82) is 0 Å². The van der Waals surface area contributed by atoms with E-state index in [0.29, 0.717) is 13.0 Å². The summed E-state index contributed by atoms with van der Waals surface area (Å²) in [7, 11) is 0. The predicted molar refractivity (Wildman–Crippen MR) is 72.7 cm³/mol. The summed E-state index contributed by atoms with van der Waals surface area (Å²) >= 11 is 0. The van der Waals surface area contributed by atoms with E-state index >= 15 is 0 Å². The Morgan fingerprint density at radius 3 is 2.84 bits per heavy atom. The number of nitrogens with zero attached hydrogens (tertiary/aromatic N) is 1. The molecule has 1 unspecified atom stereocenters. The molecule has 1 N–H and O–H groups in total. The zero-order valence-corrected chi connectivity index (χ0v) is 11.4. The number of allylic oxidation sites excluding steroid dienone is 1. The van der Waals surface area contributed by atoms with Crippen LogP contribution in [-0.4, -0.2) is 35.0 Å². The highest BCUT2D eigenvalue weighted by molar-refractivity contribution is 5.79. The molecule has 1 aliphatic carbocycles. The predicted octanol–water partition coefficient (Wildman–Crippen LogP) is 2.59. The number of aliphatic carboxylic acids is 1. The molecule has 1 aliphatic heterocycles. The van der Waals surface area contributed by atoms with Gasteiger partial charge in [-0.3, -0.25) is 9.59 Å². The first kappa shape index (κ1) is 14.1. The quantitative estimate of drug-likeness (QED) is 0.795. The summed E-state index contributed by atoms with van der Waals surface area (Å²) < 4.78 is 0. The molecule has 0 aromatic carbocycles. The molecular weight excluding hydrogens is 242 g/mol. The zero-order chi connectivity index (χ0) is 13.7. The number of likely N-dealkylation sites (tertiary alicyclic amines) is 1. The average molecular weight is 265 g/mol. The first-order valence-corrected chi connectivity index (χ1v) is 7.32. The maximum absolute atomic E-state index is 12.2. The monoisotopic (exact) mass is 265 g/mol. The van der Waals surface area contributed by atoms with Crippen LogP contribution in [0.1, 0.15) is 51.4 Å². The van der Waals surface area contributed by atoms with Crippen LogP contribution < -0.4 is 0 Å². The lowest BCUT2D eigenvalue weighted by molar-refractivity contribution is -0.140. The number of carbonyl (C=O) groups excluding carboxylic acids is 1. The fourth-order valence-corrected chi connectivity index (χ4v) is 3.08. The average Bonchev–Trinajstić information content (AvgIpc) is 2.39. The molecule has 2 rings (SSSR count). The minimum Gasteiger partial charge on any atom is -0.481 e. The van der Waals surface area contributed by atoms with Crippen LogP contribution in [0.3, 0.4) is 0 Å². The molecule has 0 aromatic heterocycles. The van der Waals surface area contributed by atoms with E-state index in [1.54, 1.807) is 0 Å². The van der Waals surface area contributed by atoms with Gasteiger partial charge >= 0.3 is 5.97 Å². The van der Waals surface area contributed by atoms with Crippen molar-refractivity contribution in [3.8, 4) is 0 Å². The van der Waals surface area contributed by atoms with Gasteiger partial charge in [-0.1, -0.05) is 11.6 Å². The summed E-state index contributed by atoms with van der Waals surface area (Å²) in [6.07, 6.45) is 9.39. The number of amides is 1. The number of rotatable bonds is 4. The maximum Gasteiger partial charge on any atom is 0.303 e. The van der Waals surface area contributed by atoms with Crippen molar-refractivity contribution < 1.29 is 14.7 Å². The van der Waals surface area contributed by atoms with E-state index in [0.717, 1.165) is 32.2 Å². The van der Waals surface area contributed by atoms with Crippen molar-refractivity contribution >= 4 is 11.9 Å².